The molecule has 0 unspecified atom stereocenters. The zero-order chi connectivity index (χ0) is 13.6. The minimum Gasteiger partial charge on any atom is -0.297 e. The van der Waals surface area contributed by atoms with Crippen LogP contribution in [0.15, 0.2) is 15.0 Å². The molecule has 7 heteroatoms. The number of nitrogens with one attached hydrogen (secondary N) is 1. The van der Waals surface area contributed by atoms with Crippen molar-refractivity contribution in [2.75, 3.05) is 0 Å². The van der Waals surface area contributed by atoms with Crippen molar-refractivity contribution < 1.29 is 0 Å². The quantitative estimate of drug-likeness (QED) is 0.882. The van der Waals surface area contributed by atoms with Crippen LogP contribution in [0.2, 0.25) is 5.15 Å². The van der Waals surface area contributed by atoms with Crippen LogP contribution in [-0.2, 0) is 6.42 Å². The molecule has 5 nitrogen and oxygen atoms in total. The number of thiazole rings is 1. The first kappa shape index (κ1) is 12.6. The number of halogens is 1. The highest BCUT2D eigenvalue weighted by Crippen LogP contribution is 2.40. The van der Waals surface area contributed by atoms with E-state index in [4.69, 9.17) is 11.6 Å². The first-order valence-corrected chi connectivity index (χ1v) is 7.37. The number of aromatic nitrogens is 3. The largest absolute Gasteiger partial charge is 0.336 e. The third-order valence-electron chi connectivity index (χ3n) is 3.20. The van der Waals surface area contributed by atoms with Crippen LogP contribution in [0.5, 0.6) is 0 Å². The maximum atomic E-state index is 12.3. The highest BCUT2D eigenvalue weighted by molar-refractivity contribution is 7.12. The zero-order valence-electron chi connectivity index (χ0n) is 10.3. The van der Waals surface area contributed by atoms with Gasteiger partial charge in [-0.15, -0.1) is 11.3 Å². The molecule has 2 aromatic heterocycles. The van der Waals surface area contributed by atoms with Gasteiger partial charge < -0.3 is 0 Å². The molecule has 1 aliphatic carbocycles. The highest BCUT2D eigenvalue weighted by Gasteiger charge is 2.27. The molecule has 1 aliphatic rings. The van der Waals surface area contributed by atoms with Crippen molar-refractivity contribution in [2.24, 2.45) is 0 Å². The van der Waals surface area contributed by atoms with E-state index in [1.807, 2.05) is 12.3 Å². The molecule has 2 aromatic rings. The number of nitrogens with zero attached hydrogens (tertiary/aromatic N) is 2. The normalized spacial score (nSPS) is 14.8. The average molecular weight is 298 g/mol. The molecular formula is C12H12ClN3O2S. The first-order valence-electron chi connectivity index (χ1n) is 6.11. The Bertz CT molecular complexity index is 742. The van der Waals surface area contributed by atoms with E-state index >= 15 is 0 Å². The molecule has 100 valence electrons. The van der Waals surface area contributed by atoms with Gasteiger partial charge in [-0.1, -0.05) is 18.5 Å². The van der Waals surface area contributed by atoms with Gasteiger partial charge in [-0.3, -0.25) is 9.78 Å². The molecule has 0 atom stereocenters. The van der Waals surface area contributed by atoms with Crippen molar-refractivity contribution in [1.82, 2.24) is 14.5 Å². The Morgan fingerprint density at radius 3 is 2.89 bits per heavy atom. The maximum absolute atomic E-state index is 12.3. The van der Waals surface area contributed by atoms with Crippen LogP contribution < -0.4 is 11.2 Å². The standard InChI is InChI=1S/C12H12ClN3O2S/c1-2-7-9(13)15-11(18)16(10(7)17)12-14-8(5-19-12)6-3-4-6/h5-6H,2-4H2,1H3,(H,15,18). The van der Waals surface area contributed by atoms with Crippen LogP contribution in [0.4, 0.5) is 0 Å². The molecule has 1 saturated carbocycles. The Hall–Kier alpha value is -1.40. The first-order chi connectivity index (χ1) is 9.11. The summed E-state index contributed by atoms with van der Waals surface area (Å²) in [5, 5.41) is 2.45. The molecular weight excluding hydrogens is 286 g/mol. The summed E-state index contributed by atoms with van der Waals surface area (Å²) in [7, 11) is 0. The second kappa shape index (κ2) is 4.61. The van der Waals surface area contributed by atoms with Crippen molar-refractivity contribution in [3.8, 4) is 5.13 Å². The molecule has 0 aromatic carbocycles. The lowest BCUT2D eigenvalue weighted by atomic mass is 10.2. The summed E-state index contributed by atoms with van der Waals surface area (Å²) < 4.78 is 1.07. The van der Waals surface area contributed by atoms with E-state index in [9.17, 15) is 9.59 Å². The fourth-order valence-corrected chi connectivity index (χ4v) is 3.17. The van der Waals surface area contributed by atoms with Crippen LogP contribution in [0.1, 0.15) is 36.9 Å². The van der Waals surface area contributed by atoms with Crippen molar-refractivity contribution in [1.29, 1.82) is 0 Å². The summed E-state index contributed by atoms with van der Waals surface area (Å²) in [4.78, 5) is 31.1. The summed E-state index contributed by atoms with van der Waals surface area (Å²) in [6.07, 6.45) is 2.74. The van der Waals surface area contributed by atoms with Crippen molar-refractivity contribution in [3.63, 3.8) is 0 Å². The Morgan fingerprint density at radius 1 is 1.53 bits per heavy atom. The molecule has 0 bridgehead atoms. The summed E-state index contributed by atoms with van der Waals surface area (Å²) in [5.74, 6) is 0.498. The molecule has 2 heterocycles. The number of rotatable bonds is 3. The Morgan fingerprint density at radius 2 is 2.26 bits per heavy atom. The second-order valence-corrected chi connectivity index (χ2v) is 5.76. The fourth-order valence-electron chi connectivity index (χ4n) is 1.97. The molecule has 0 amide bonds. The minimum absolute atomic E-state index is 0.118. The maximum Gasteiger partial charge on any atom is 0.336 e. The molecule has 0 aliphatic heterocycles. The van der Waals surface area contributed by atoms with Crippen LogP contribution in [0.3, 0.4) is 0 Å². The van der Waals surface area contributed by atoms with Gasteiger partial charge >= 0.3 is 5.69 Å². The van der Waals surface area contributed by atoms with Gasteiger partial charge in [-0.05, 0) is 19.3 Å². The Labute approximate surface area is 117 Å². The van der Waals surface area contributed by atoms with Crippen LogP contribution >= 0.6 is 22.9 Å². The number of hydrogen-bond acceptors (Lipinski definition) is 4. The zero-order valence-corrected chi connectivity index (χ0v) is 11.8. The summed E-state index contributed by atoms with van der Waals surface area (Å²) in [6.45, 7) is 1.82. The Balaban J connectivity index is 2.18. The van der Waals surface area contributed by atoms with Gasteiger partial charge in [0.05, 0.1) is 11.3 Å². The molecule has 1 N–H and O–H groups in total. The molecule has 0 spiro atoms. The summed E-state index contributed by atoms with van der Waals surface area (Å²) >= 11 is 7.19. The molecule has 0 saturated heterocycles. The minimum atomic E-state index is -0.538. The number of H-pyrrole nitrogens is 1. The van der Waals surface area contributed by atoms with E-state index in [2.05, 4.69) is 9.97 Å². The highest BCUT2D eigenvalue weighted by atomic mass is 35.5. The lowest BCUT2D eigenvalue weighted by molar-refractivity contribution is 0.828. The van der Waals surface area contributed by atoms with E-state index in [-0.39, 0.29) is 10.7 Å². The molecule has 19 heavy (non-hydrogen) atoms. The van der Waals surface area contributed by atoms with Gasteiger partial charge in [0.25, 0.3) is 5.56 Å². The average Bonchev–Trinajstić information content (AvgIpc) is 3.10. The van der Waals surface area contributed by atoms with E-state index in [0.29, 0.717) is 23.0 Å². The van der Waals surface area contributed by atoms with E-state index < -0.39 is 5.69 Å². The lowest BCUT2D eigenvalue weighted by Crippen LogP contribution is -2.36. The van der Waals surface area contributed by atoms with Crippen molar-refractivity contribution in [2.45, 2.75) is 32.1 Å². The van der Waals surface area contributed by atoms with E-state index in [1.54, 1.807) is 0 Å². The molecule has 1 fully saturated rings. The van der Waals surface area contributed by atoms with Gasteiger partial charge in [0, 0.05) is 11.3 Å². The smallest absolute Gasteiger partial charge is 0.297 e. The van der Waals surface area contributed by atoms with Crippen LogP contribution in [0, 0.1) is 0 Å². The number of hydrogen-bond donors (Lipinski definition) is 1. The van der Waals surface area contributed by atoms with Gasteiger partial charge in [-0.2, -0.15) is 0 Å². The predicted molar refractivity (Wildman–Crippen MR) is 74.7 cm³/mol. The lowest BCUT2D eigenvalue weighted by Gasteiger charge is -2.04. The molecule has 3 rings (SSSR count). The Kier molecular flexibility index (Phi) is 3.06. The SMILES string of the molecule is CCc1c(Cl)[nH]c(=O)n(-c2nc(C3CC3)cs2)c1=O. The third kappa shape index (κ3) is 2.15. The van der Waals surface area contributed by atoms with Gasteiger partial charge in [-0.25, -0.2) is 14.3 Å². The van der Waals surface area contributed by atoms with E-state index in [0.717, 1.165) is 23.1 Å². The van der Waals surface area contributed by atoms with E-state index in [1.165, 1.54) is 11.3 Å². The number of aromatic amines is 1. The second-order valence-electron chi connectivity index (χ2n) is 4.55. The third-order valence-corrected chi connectivity index (χ3v) is 4.36. The summed E-state index contributed by atoms with van der Waals surface area (Å²) in [6, 6.07) is 0. The fraction of sp³-hybridized carbons (Fsp3) is 0.417. The summed E-state index contributed by atoms with van der Waals surface area (Å²) in [5.41, 5.74) is 0.459. The van der Waals surface area contributed by atoms with Crippen molar-refractivity contribution >= 4 is 22.9 Å². The van der Waals surface area contributed by atoms with Crippen LogP contribution in [0.25, 0.3) is 5.13 Å². The van der Waals surface area contributed by atoms with Gasteiger partial charge in [0.15, 0.2) is 0 Å². The van der Waals surface area contributed by atoms with Gasteiger partial charge in [0.1, 0.15) is 5.15 Å². The topological polar surface area (TPSA) is 67.8 Å². The predicted octanol–water partition coefficient (Wildman–Crippen LogP) is 2.08. The van der Waals surface area contributed by atoms with Crippen LogP contribution in [-0.4, -0.2) is 14.5 Å². The molecule has 0 radical (unpaired) electrons. The van der Waals surface area contributed by atoms with Crippen molar-refractivity contribution in [3.05, 3.63) is 42.6 Å². The monoisotopic (exact) mass is 297 g/mol. The van der Waals surface area contributed by atoms with Gasteiger partial charge in [0.2, 0.25) is 5.13 Å².